The molecule has 0 aliphatic heterocycles. The standard InChI is InChI=1S/C9H14BrN3O2/c1-5(2)6-3-12-13(8(6)10)4-7(11)9(14)15/h3,5,7H,4,11H2,1-2H3,(H,14,15). The van der Waals surface area contributed by atoms with Gasteiger partial charge in [-0.05, 0) is 21.8 Å². The molecule has 0 aliphatic carbocycles. The van der Waals surface area contributed by atoms with Gasteiger partial charge in [-0.25, -0.2) is 0 Å². The molecule has 1 aromatic rings. The van der Waals surface area contributed by atoms with Gasteiger partial charge >= 0.3 is 5.97 Å². The molecular weight excluding hydrogens is 262 g/mol. The molecule has 1 unspecified atom stereocenters. The quantitative estimate of drug-likeness (QED) is 0.865. The van der Waals surface area contributed by atoms with Gasteiger partial charge in [-0.2, -0.15) is 5.10 Å². The Morgan fingerprint density at radius 2 is 2.33 bits per heavy atom. The minimum atomic E-state index is -1.02. The highest BCUT2D eigenvalue weighted by Crippen LogP contribution is 2.24. The Labute approximate surface area is 96.4 Å². The first kappa shape index (κ1) is 12.2. The van der Waals surface area contributed by atoms with E-state index in [1.54, 1.807) is 10.9 Å². The van der Waals surface area contributed by atoms with Crippen LogP contribution in [0.2, 0.25) is 0 Å². The second-order valence-electron chi connectivity index (χ2n) is 3.67. The van der Waals surface area contributed by atoms with Gasteiger partial charge in [0.1, 0.15) is 10.6 Å². The number of nitrogens with zero attached hydrogens (tertiary/aromatic N) is 2. The molecule has 0 aromatic carbocycles. The molecule has 0 amide bonds. The van der Waals surface area contributed by atoms with Crippen molar-refractivity contribution < 1.29 is 9.90 Å². The average molecular weight is 276 g/mol. The minimum Gasteiger partial charge on any atom is -0.480 e. The number of halogens is 1. The van der Waals surface area contributed by atoms with Crippen molar-refractivity contribution in [1.29, 1.82) is 0 Å². The highest BCUT2D eigenvalue weighted by molar-refractivity contribution is 9.10. The minimum absolute atomic E-state index is 0.169. The number of aromatic nitrogens is 2. The Morgan fingerprint density at radius 1 is 1.73 bits per heavy atom. The molecule has 3 N–H and O–H groups in total. The summed E-state index contributed by atoms with van der Waals surface area (Å²) in [5, 5.41) is 12.8. The summed E-state index contributed by atoms with van der Waals surface area (Å²) in [6.07, 6.45) is 1.73. The van der Waals surface area contributed by atoms with Crippen molar-refractivity contribution in [2.45, 2.75) is 32.4 Å². The topological polar surface area (TPSA) is 81.1 Å². The third kappa shape index (κ3) is 2.79. The van der Waals surface area contributed by atoms with E-state index in [0.717, 1.165) is 10.2 Å². The Kier molecular flexibility index (Phi) is 3.87. The van der Waals surface area contributed by atoms with Gasteiger partial charge in [0.2, 0.25) is 0 Å². The highest BCUT2D eigenvalue weighted by Gasteiger charge is 2.16. The van der Waals surface area contributed by atoms with Gasteiger partial charge in [-0.15, -0.1) is 0 Å². The van der Waals surface area contributed by atoms with Crippen LogP contribution in [-0.4, -0.2) is 26.9 Å². The number of carbonyl (C=O) groups is 1. The van der Waals surface area contributed by atoms with Crippen molar-refractivity contribution in [2.24, 2.45) is 5.73 Å². The van der Waals surface area contributed by atoms with Crippen molar-refractivity contribution in [3.63, 3.8) is 0 Å². The van der Waals surface area contributed by atoms with Gasteiger partial charge in [0.15, 0.2) is 0 Å². The SMILES string of the molecule is CC(C)c1cnn(CC(N)C(=O)O)c1Br. The second kappa shape index (κ2) is 4.76. The summed E-state index contributed by atoms with van der Waals surface area (Å²) < 4.78 is 2.36. The molecule has 0 bridgehead atoms. The normalized spacial score (nSPS) is 13.1. The molecule has 0 radical (unpaired) electrons. The predicted octanol–water partition coefficient (Wildman–Crippen LogP) is 1.18. The molecule has 0 fully saturated rings. The summed E-state index contributed by atoms with van der Waals surface area (Å²) in [5.74, 6) is -0.683. The van der Waals surface area contributed by atoms with Crippen molar-refractivity contribution in [3.05, 3.63) is 16.4 Å². The van der Waals surface area contributed by atoms with Crippen LogP contribution in [0, 0.1) is 0 Å². The number of nitrogens with two attached hydrogens (primary N) is 1. The van der Waals surface area contributed by atoms with Crippen LogP contribution in [0.15, 0.2) is 10.8 Å². The lowest BCUT2D eigenvalue weighted by atomic mass is 10.1. The molecule has 0 aliphatic rings. The fourth-order valence-electron chi connectivity index (χ4n) is 1.16. The molecule has 1 atom stereocenters. The van der Waals surface area contributed by atoms with Crippen molar-refractivity contribution in [2.75, 3.05) is 0 Å². The molecule has 0 saturated heterocycles. The van der Waals surface area contributed by atoms with Crippen LogP contribution in [0.3, 0.4) is 0 Å². The van der Waals surface area contributed by atoms with Gasteiger partial charge in [0.05, 0.1) is 12.7 Å². The maximum absolute atomic E-state index is 10.6. The molecular formula is C9H14BrN3O2. The number of rotatable bonds is 4. The summed E-state index contributed by atoms with van der Waals surface area (Å²) in [6.45, 7) is 4.26. The molecule has 84 valence electrons. The zero-order chi connectivity index (χ0) is 11.6. The average Bonchev–Trinajstić information content (AvgIpc) is 2.48. The van der Waals surface area contributed by atoms with Gasteiger partial charge in [0, 0.05) is 5.56 Å². The summed E-state index contributed by atoms with van der Waals surface area (Å²) in [4.78, 5) is 10.6. The fraction of sp³-hybridized carbons (Fsp3) is 0.556. The lowest BCUT2D eigenvalue weighted by Crippen LogP contribution is -2.35. The van der Waals surface area contributed by atoms with Crippen LogP contribution in [0.4, 0.5) is 0 Å². The molecule has 1 aromatic heterocycles. The van der Waals surface area contributed by atoms with Crippen LogP contribution in [-0.2, 0) is 11.3 Å². The zero-order valence-corrected chi connectivity index (χ0v) is 10.2. The van der Waals surface area contributed by atoms with Crippen LogP contribution in [0.5, 0.6) is 0 Å². The first-order valence-corrected chi connectivity index (χ1v) is 5.42. The monoisotopic (exact) mass is 275 g/mol. The highest BCUT2D eigenvalue weighted by atomic mass is 79.9. The lowest BCUT2D eigenvalue weighted by molar-refractivity contribution is -0.138. The molecule has 15 heavy (non-hydrogen) atoms. The van der Waals surface area contributed by atoms with E-state index in [9.17, 15) is 4.79 Å². The van der Waals surface area contributed by atoms with E-state index in [1.807, 2.05) is 13.8 Å². The largest absolute Gasteiger partial charge is 0.480 e. The molecule has 0 spiro atoms. The van der Waals surface area contributed by atoms with E-state index < -0.39 is 12.0 Å². The second-order valence-corrected chi connectivity index (χ2v) is 4.42. The summed E-state index contributed by atoms with van der Waals surface area (Å²) in [5.41, 5.74) is 6.47. The van der Waals surface area contributed by atoms with Crippen molar-refractivity contribution >= 4 is 21.9 Å². The Balaban J connectivity index is 2.83. The van der Waals surface area contributed by atoms with E-state index in [0.29, 0.717) is 5.92 Å². The summed E-state index contributed by atoms with van der Waals surface area (Å²) in [7, 11) is 0. The number of aliphatic carboxylic acids is 1. The van der Waals surface area contributed by atoms with E-state index >= 15 is 0 Å². The smallest absolute Gasteiger partial charge is 0.322 e. The molecule has 1 heterocycles. The van der Waals surface area contributed by atoms with Gasteiger partial charge in [-0.3, -0.25) is 9.48 Å². The first-order valence-electron chi connectivity index (χ1n) is 4.63. The Bertz CT molecular complexity index is 362. The third-order valence-corrected chi connectivity index (χ3v) is 2.98. The third-order valence-electron chi connectivity index (χ3n) is 2.11. The maximum atomic E-state index is 10.6. The van der Waals surface area contributed by atoms with Crippen LogP contribution < -0.4 is 5.73 Å². The van der Waals surface area contributed by atoms with Crippen molar-refractivity contribution in [1.82, 2.24) is 9.78 Å². The van der Waals surface area contributed by atoms with E-state index in [1.165, 1.54) is 0 Å². The molecule has 6 heteroatoms. The number of hydrogen-bond donors (Lipinski definition) is 2. The zero-order valence-electron chi connectivity index (χ0n) is 8.64. The summed E-state index contributed by atoms with van der Waals surface area (Å²) >= 11 is 3.38. The van der Waals surface area contributed by atoms with Crippen LogP contribution in [0.25, 0.3) is 0 Å². The van der Waals surface area contributed by atoms with Crippen LogP contribution in [0.1, 0.15) is 25.3 Å². The maximum Gasteiger partial charge on any atom is 0.322 e. The van der Waals surface area contributed by atoms with E-state index in [4.69, 9.17) is 10.8 Å². The number of carboxylic acid groups (broad SMARTS) is 1. The van der Waals surface area contributed by atoms with E-state index in [2.05, 4.69) is 21.0 Å². The van der Waals surface area contributed by atoms with Gasteiger partial charge in [0.25, 0.3) is 0 Å². The summed E-state index contributed by atoms with van der Waals surface area (Å²) in [6, 6.07) is -0.929. The first-order chi connectivity index (χ1) is 6.93. The van der Waals surface area contributed by atoms with Gasteiger partial charge < -0.3 is 10.8 Å². The fourth-order valence-corrected chi connectivity index (χ4v) is 1.96. The van der Waals surface area contributed by atoms with Crippen LogP contribution >= 0.6 is 15.9 Å². The predicted molar refractivity (Wildman–Crippen MR) is 59.6 cm³/mol. The van der Waals surface area contributed by atoms with E-state index in [-0.39, 0.29) is 6.54 Å². The Hall–Kier alpha value is -0.880. The van der Waals surface area contributed by atoms with Crippen molar-refractivity contribution in [3.8, 4) is 0 Å². The lowest BCUT2D eigenvalue weighted by Gasteiger charge is -2.08. The Morgan fingerprint density at radius 3 is 2.73 bits per heavy atom. The number of carboxylic acids is 1. The molecule has 0 saturated carbocycles. The number of hydrogen-bond acceptors (Lipinski definition) is 3. The van der Waals surface area contributed by atoms with Gasteiger partial charge in [-0.1, -0.05) is 13.8 Å². The molecule has 5 nitrogen and oxygen atoms in total. The molecule has 1 rings (SSSR count).